The molecule has 0 aliphatic carbocycles. The molecule has 0 atom stereocenters. The summed E-state index contributed by atoms with van der Waals surface area (Å²) in [5.41, 5.74) is 0. The van der Waals surface area contributed by atoms with Crippen LogP contribution in [-0.2, 0) is 0 Å². The number of benzene rings is 7. The van der Waals surface area contributed by atoms with Crippen LogP contribution in [0.2, 0.25) is 0 Å². The molecule has 18 heteroatoms. The third kappa shape index (κ3) is 3.36. The zero-order valence-electron chi connectivity index (χ0n) is 21.8. The molecule has 0 aliphatic rings. The molecule has 0 aromatic heterocycles. The fraction of sp³-hybridized carbons (Fsp3) is 0. The summed E-state index contributed by atoms with van der Waals surface area (Å²) in [5.74, 6) is -48.8. The van der Waals surface area contributed by atoms with Crippen LogP contribution in [0, 0.1) is 105 Å². The van der Waals surface area contributed by atoms with Gasteiger partial charge in [0.2, 0.25) is 0 Å². The van der Waals surface area contributed by atoms with Crippen molar-refractivity contribution >= 4 is 64.6 Å². The molecule has 0 amide bonds. The molecule has 0 aliphatic heterocycles. The van der Waals surface area contributed by atoms with Crippen LogP contribution in [0.25, 0.3) is 64.6 Å². The molecule has 0 fully saturated rings. The van der Waals surface area contributed by atoms with Gasteiger partial charge in [-0.25, -0.2) is 79.0 Å². The average molecular weight is 702 g/mol. The molecule has 0 saturated carbocycles. The molecule has 7 aromatic carbocycles. The van der Waals surface area contributed by atoms with Gasteiger partial charge in [-0.05, 0) is 0 Å². The first-order valence-electron chi connectivity index (χ1n) is 12.4. The molecule has 0 heterocycles. The van der Waals surface area contributed by atoms with Crippen molar-refractivity contribution in [2.75, 3.05) is 0 Å². The van der Waals surface area contributed by atoms with Crippen LogP contribution in [-0.4, -0.2) is 0 Å². The summed E-state index contributed by atoms with van der Waals surface area (Å²) >= 11 is 0. The highest BCUT2D eigenvalue weighted by molar-refractivity contribution is 6.14. The normalized spacial score (nSPS) is 12.4. The van der Waals surface area contributed by atoms with E-state index in [0.29, 0.717) is 0 Å². The number of hydrogen-bond acceptors (Lipinski definition) is 0. The second-order valence-corrected chi connectivity index (χ2v) is 10.2. The molecule has 0 unspecified atom stereocenters. The van der Waals surface area contributed by atoms with Gasteiger partial charge in [0.05, 0.1) is 64.6 Å². The molecular formula is C30F18. The van der Waals surface area contributed by atoms with Crippen LogP contribution >= 0.6 is 0 Å². The van der Waals surface area contributed by atoms with Crippen molar-refractivity contribution in [3.05, 3.63) is 105 Å². The lowest BCUT2D eigenvalue weighted by atomic mass is 9.91. The third-order valence-electron chi connectivity index (χ3n) is 7.92. The quantitative estimate of drug-likeness (QED) is 0.0639. The van der Waals surface area contributed by atoms with Gasteiger partial charge in [-0.2, -0.15) is 0 Å². The molecule has 0 N–H and O–H groups in total. The second kappa shape index (κ2) is 9.70. The summed E-state index contributed by atoms with van der Waals surface area (Å²) in [5, 5.41) is -26.9. The third-order valence-corrected chi connectivity index (χ3v) is 7.92. The number of halogens is 18. The highest BCUT2D eigenvalue weighted by atomic mass is 19.2. The minimum atomic E-state index is -2.78. The minimum absolute atomic E-state index is 2.21. The van der Waals surface area contributed by atoms with Gasteiger partial charge >= 0.3 is 0 Å². The summed E-state index contributed by atoms with van der Waals surface area (Å²) in [6, 6.07) is 0. The minimum Gasteiger partial charge on any atom is -0.205 e. The Bertz CT molecular complexity index is 2380. The number of fused-ring (bicyclic) bond motifs is 6. The molecule has 7 aromatic rings. The Hall–Kier alpha value is -5.16. The van der Waals surface area contributed by atoms with Gasteiger partial charge in [0.15, 0.2) is 46.5 Å². The molecule has 0 radical (unpaired) electrons. The molecule has 246 valence electrons. The van der Waals surface area contributed by atoms with Crippen molar-refractivity contribution in [2.45, 2.75) is 0 Å². The van der Waals surface area contributed by atoms with E-state index in [1.54, 1.807) is 0 Å². The van der Waals surface area contributed by atoms with Crippen LogP contribution in [0.5, 0.6) is 0 Å². The lowest BCUT2D eigenvalue weighted by molar-refractivity contribution is 0.415. The number of hydrogen-bond donors (Lipinski definition) is 0. The highest BCUT2D eigenvalue weighted by Crippen LogP contribution is 2.47. The standard InChI is InChI=1S/C30F18/c31-13-1-2(16(34)6-5(15(1)33)19(37)9-10(20(6)38)24(42)28(46)27(45)23(9)41)14(32)4-3(13)17(35)7-8(18(4)36)22(40)12-11(21(7)39)25(43)29(47)30(48)26(12)44. The summed E-state index contributed by atoms with van der Waals surface area (Å²) < 4.78 is 270. The Morgan fingerprint density at radius 3 is 0.292 bits per heavy atom. The van der Waals surface area contributed by atoms with E-state index < -0.39 is 169 Å². The number of rotatable bonds is 0. The first-order chi connectivity index (χ1) is 22.4. The lowest BCUT2D eigenvalue weighted by Crippen LogP contribution is -2.08. The van der Waals surface area contributed by atoms with E-state index >= 15 is 43.9 Å². The first kappa shape index (κ1) is 31.4. The van der Waals surface area contributed by atoms with Crippen LogP contribution in [0.1, 0.15) is 0 Å². The van der Waals surface area contributed by atoms with E-state index in [9.17, 15) is 35.1 Å². The molecule has 0 bridgehead atoms. The zero-order chi connectivity index (χ0) is 35.3. The van der Waals surface area contributed by atoms with Crippen LogP contribution in [0.4, 0.5) is 79.0 Å². The first-order valence-corrected chi connectivity index (χ1v) is 12.4. The SMILES string of the molecule is Fc1c(F)c(F)c2c(F)c3c(F)c4c(F)c5c(F)c6c(F)c7c(F)c(F)c(F)c(F)c7c(F)c6c(F)c5c(F)c4c(F)c3c(F)c2c1F. The highest BCUT2D eigenvalue weighted by Gasteiger charge is 2.37. The predicted octanol–water partition coefficient (Wildman–Crippen LogP) is 11.1. The maximum atomic E-state index is 15.9. The van der Waals surface area contributed by atoms with Crippen molar-refractivity contribution in [3.63, 3.8) is 0 Å². The molecule has 0 spiro atoms. The van der Waals surface area contributed by atoms with Crippen LogP contribution in [0.15, 0.2) is 0 Å². The average Bonchev–Trinajstić information content (AvgIpc) is 3.04. The van der Waals surface area contributed by atoms with E-state index in [4.69, 9.17) is 0 Å². The summed E-state index contributed by atoms with van der Waals surface area (Å²) in [6.45, 7) is 0. The lowest BCUT2D eigenvalue weighted by Gasteiger charge is -2.18. The Balaban J connectivity index is 1.81. The van der Waals surface area contributed by atoms with Gasteiger partial charge < -0.3 is 0 Å². The second-order valence-electron chi connectivity index (χ2n) is 10.2. The van der Waals surface area contributed by atoms with Crippen LogP contribution in [0.3, 0.4) is 0 Å². The van der Waals surface area contributed by atoms with Crippen molar-refractivity contribution < 1.29 is 79.0 Å². The fourth-order valence-electron chi connectivity index (χ4n) is 5.86. The monoisotopic (exact) mass is 702 g/mol. The summed E-state index contributed by atoms with van der Waals surface area (Å²) in [4.78, 5) is 0. The smallest absolute Gasteiger partial charge is 0.198 e. The van der Waals surface area contributed by atoms with Crippen LogP contribution < -0.4 is 0 Å². The fourth-order valence-corrected chi connectivity index (χ4v) is 5.86. The van der Waals surface area contributed by atoms with Gasteiger partial charge in [0, 0.05) is 0 Å². The van der Waals surface area contributed by atoms with E-state index in [0.717, 1.165) is 0 Å². The van der Waals surface area contributed by atoms with E-state index in [-0.39, 0.29) is 0 Å². The molecule has 0 nitrogen and oxygen atoms in total. The zero-order valence-corrected chi connectivity index (χ0v) is 21.8. The van der Waals surface area contributed by atoms with E-state index in [2.05, 4.69) is 0 Å². The van der Waals surface area contributed by atoms with E-state index in [1.807, 2.05) is 0 Å². The maximum absolute atomic E-state index is 15.9. The maximum Gasteiger partial charge on any atom is 0.198 e. The van der Waals surface area contributed by atoms with Gasteiger partial charge in [0.25, 0.3) is 0 Å². The van der Waals surface area contributed by atoms with Gasteiger partial charge in [-0.15, -0.1) is 0 Å². The summed E-state index contributed by atoms with van der Waals surface area (Å²) in [6.07, 6.45) is 0. The Morgan fingerprint density at radius 2 is 0.188 bits per heavy atom. The molecule has 48 heavy (non-hydrogen) atoms. The Morgan fingerprint density at radius 1 is 0.104 bits per heavy atom. The van der Waals surface area contributed by atoms with Crippen molar-refractivity contribution in [1.82, 2.24) is 0 Å². The summed E-state index contributed by atoms with van der Waals surface area (Å²) in [7, 11) is 0. The van der Waals surface area contributed by atoms with E-state index in [1.165, 1.54) is 0 Å². The largest absolute Gasteiger partial charge is 0.205 e. The van der Waals surface area contributed by atoms with Gasteiger partial charge in [0.1, 0.15) is 58.2 Å². The predicted molar refractivity (Wildman–Crippen MR) is 131 cm³/mol. The van der Waals surface area contributed by atoms with Crippen molar-refractivity contribution in [1.29, 1.82) is 0 Å². The molecule has 0 saturated heterocycles. The van der Waals surface area contributed by atoms with Gasteiger partial charge in [-0.3, -0.25) is 0 Å². The van der Waals surface area contributed by atoms with Crippen molar-refractivity contribution in [3.8, 4) is 0 Å². The van der Waals surface area contributed by atoms with Crippen molar-refractivity contribution in [2.24, 2.45) is 0 Å². The van der Waals surface area contributed by atoms with Gasteiger partial charge in [-0.1, -0.05) is 0 Å². The Kier molecular flexibility index (Phi) is 6.35. The Labute approximate surface area is 249 Å². The molecular weight excluding hydrogens is 702 g/mol. The topological polar surface area (TPSA) is 0 Å². The molecule has 7 rings (SSSR count).